The van der Waals surface area contributed by atoms with Crippen molar-refractivity contribution < 1.29 is 18.0 Å². The first-order valence-corrected chi connectivity index (χ1v) is 11.8. The van der Waals surface area contributed by atoms with Crippen molar-refractivity contribution in [2.24, 2.45) is 0 Å². The van der Waals surface area contributed by atoms with Gasteiger partial charge in [-0.15, -0.1) is 0 Å². The fourth-order valence-electron chi connectivity index (χ4n) is 5.05. The zero-order chi connectivity index (χ0) is 25.7. The molecule has 1 atom stereocenters. The van der Waals surface area contributed by atoms with Crippen LogP contribution < -0.4 is 15.1 Å². The summed E-state index contributed by atoms with van der Waals surface area (Å²) < 4.78 is 40.0. The zero-order valence-electron chi connectivity index (χ0n) is 19.8. The van der Waals surface area contributed by atoms with Crippen LogP contribution in [-0.2, 0) is 6.18 Å². The van der Waals surface area contributed by atoms with E-state index in [2.05, 4.69) is 25.2 Å². The molecular formula is C26H22F3N7O. The second-order valence-electron chi connectivity index (χ2n) is 9.16. The molecule has 0 saturated carbocycles. The number of fused-ring (bicyclic) bond motifs is 4. The summed E-state index contributed by atoms with van der Waals surface area (Å²) in [5.74, 6) is 0.799. The molecule has 3 aromatic heterocycles. The van der Waals surface area contributed by atoms with E-state index in [9.17, 15) is 18.0 Å². The van der Waals surface area contributed by atoms with Crippen LogP contribution in [0.2, 0.25) is 0 Å². The number of hydrogen-bond acceptors (Lipinski definition) is 5. The average Bonchev–Trinajstić information content (AvgIpc) is 3.55. The highest BCUT2D eigenvalue weighted by Gasteiger charge is 2.41. The Morgan fingerprint density at radius 1 is 1.16 bits per heavy atom. The van der Waals surface area contributed by atoms with Crippen LogP contribution >= 0.6 is 0 Å². The number of aromatic nitrogens is 4. The van der Waals surface area contributed by atoms with Crippen molar-refractivity contribution in [1.29, 1.82) is 0 Å². The molecule has 2 aliphatic heterocycles. The second-order valence-corrected chi connectivity index (χ2v) is 9.16. The first kappa shape index (κ1) is 23.0. The molecule has 2 N–H and O–H groups in total. The lowest BCUT2D eigenvalue weighted by Gasteiger charge is -2.36. The number of carbonyl (C=O) groups excluding carboxylic acids is 1. The minimum Gasteiger partial charge on any atom is -0.366 e. The van der Waals surface area contributed by atoms with Gasteiger partial charge >= 0.3 is 12.2 Å². The van der Waals surface area contributed by atoms with Crippen molar-refractivity contribution in [1.82, 2.24) is 19.9 Å². The summed E-state index contributed by atoms with van der Waals surface area (Å²) in [5.41, 5.74) is 3.23. The van der Waals surface area contributed by atoms with E-state index >= 15 is 0 Å². The Hall–Kier alpha value is -4.41. The molecular weight excluding hydrogens is 483 g/mol. The maximum Gasteiger partial charge on any atom is 0.416 e. The van der Waals surface area contributed by atoms with Gasteiger partial charge in [0.1, 0.15) is 5.82 Å². The average molecular weight is 506 g/mol. The van der Waals surface area contributed by atoms with E-state index in [1.165, 1.54) is 6.07 Å². The van der Waals surface area contributed by atoms with Crippen molar-refractivity contribution in [2.75, 3.05) is 28.2 Å². The Balaban J connectivity index is 1.37. The SMILES string of the molecule is Cc1cc(-c2cccc(C(F)(F)F)c2)nc2c1N1CC[C@@H](C1)N2C(=O)Nc1cc(-c2cnc[nH]2)ccn1. The van der Waals surface area contributed by atoms with E-state index < -0.39 is 17.8 Å². The lowest BCUT2D eigenvalue weighted by atomic mass is 10.0. The first-order chi connectivity index (χ1) is 17.8. The third-order valence-corrected chi connectivity index (χ3v) is 6.75. The maximum atomic E-state index is 13.6. The van der Waals surface area contributed by atoms with Crippen LogP contribution in [-0.4, -0.2) is 45.1 Å². The number of H-pyrrole nitrogens is 1. The number of aryl methyl sites for hydroxylation is 1. The molecule has 2 bridgehead atoms. The fraction of sp³-hybridized carbons (Fsp3) is 0.231. The van der Waals surface area contributed by atoms with Gasteiger partial charge < -0.3 is 9.88 Å². The quantitative estimate of drug-likeness (QED) is 0.384. The van der Waals surface area contributed by atoms with Gasteiger partial charge in [0.25, 0.3) is 0 Å². The minimum atomic E-state index is -4.46. The molecule has 4 aromatic rings. The standard InChI is InChI=1S/C26H22F3N7O/c1-15-9-20(16-3-2-4-18(10-16)26(27,28)29)33-24-23(15)35-8-6-19(13-35)36(24)25(37)34-22-11-17(5-7-31-22)21-12-30-14-32-21/h2-5,7,9-12,14,19H,6,8,13H2,1H3,(H,30,32)(H,31,34,37)/t19-/m0/s1. The Kier molecular flexibility index (Phi) is 5.36. The molecule has 0 radical (unpaired) electrons. The highest BCUT2D eigenvalue weighted by molar-refractivity contribution is 6.05. The van der Waals surface area contributed by atoms with E-state index in [0.29, 0.717) is 29.4 Å². The summed E-state index contributed by atoms with van der Waals surface area (Å²) in [6, 6.07) is 9.89. The number of carbonyl (C=O) groups is 1. The Bertz CT molecular complexity index is 1490. The van der Waals surface area contributed by atoms with Gasteiger partial charge in [0.05, 0.1) is 41.2 Å². The van der Waals surface area contributed by atoms with Gasteiger partial charge in [-0.1, -0.05) is 12.1 Å². The minimum absolute atomic E-state index is 0.119. The number of nitrogens with one attached hydrogen (secondary N) is 2. The fourth-order valence-corrected chi connectivity index (χ4v) is 5.05. The number of anilines is 3. The Labute approximate surface area is 210 Å². The smallest absolute Gasteiger partial charge is 0.366 e. The third kappa shape index (κ3) is 4.15. The monoisotopic (exact) mass is 505 g/mol. The number of urea groups is 1. The topological polar surface area (TPSA) is 90.0 Å². The zero-order valence-corrected chi connectivity index (χ0v) is 19.8. The van der Waals surface area contributed by atoms with Crippen LogP contribution in [0.25, 0.3) is 22.5 Å². The molecule has 0 aliphatic carbocycles. The highest BCUT2D eigenvalue weighted by Crippen LogP contribution is 2.43. The summed E-state index contributed by atoms with van der Waals surface area (Å²) in [4.78, 5) is 33.5. The molecule has 2 amide bonds. The van der Waals surface area contributed by atoms with E-state index in [1.807, 2.05) is 6.92 Å². The maximum absolute atomic E-state index is 13.6. The van der Waals surface area contributed by atoms with Gasteiger partial charge in [-0.05, 0) is 49.2 Å². The van der Waals surface area contributed by atoms with Crippen molar-refractivity contribution >= 4 is 23.4 Å². The molecule has 37 heavy (non-hydrogen) atoms. The second kappa shape index (κ2) is 8.61. The van der Waals surface area contributed by atoms with E-state index in [1.54, 1.807) is 47.9 Å². The summed E-state index contributed by atoms with van der Waals surface area (Å²) in [6.07, 6.45) is 1.14. The van der Waals surface area contributed by atoms with E-state index in [-0.39, 0.29) is 6.04 Å². The molecule has 188 valence electrons. The molecule has 0 spiro atoms. The Morgan fingerprint density at radius 2 is 2.03 bits per heavy atom. The van der Waals surface area contributed by atoms with Crippen LogP contribution in [0.1, 0.15) is 17.5 Å². The van der Waals surface area contributed by atoms with Crippen LogP contribution in [0.4, 0.5) is 35.3 Å². The number of halogens is 3. The number of amides is 2. The molecule has 8 nitrogen and oxygen atoms in total. The number of aromatic amines is 1. The number of nitrogens with zero attached hydrogens (tertiary/aromatic N) is 5. The number of hydrogen-bond donors (Lipinski definition) is 2. The van der Waals surface area contributed by atoms with Crippen LogP contribution in [0.3, 0.4) is 0 Å². The van der Waals surface area contributed by atoms with Gasteiger partial charge in [-0.25, -0.2) is 19.7 Å². The van der Waals surface area contributed by atoms with Gasteiger partial charge in [0.2, 0.25) is 0 Å². The van der Waals surface area contributed by atoms with E-state index in [4.69, 9.17) is 4.98 Å². The van der Waals surface area contributed by atoms with E-state index in [0.717, 1.165) is 47.6 Å². The predicted molar refractivity (Wildman–Crippen MR) is 133 cm³/mol. The molecule has 5 heterocycles. The lowest BCUT2D eigenvalue weighted by molar-refractivity contribution is -0.137. The number of imidazole rings is 1. The largest absolute Gasteiger partial charge is 0.416 e. The summed E-state index contributed by atoms with van der Waals surface area (Å²) >= 11 is 0. The van der Waals surface area contributed by atoms with Crippen molar-refractivity contribution in [3.8, 4) is 22.5 Å². The number of alkyl halides is 3. The Morgan fingerprint density at radius 3 is 2.81 bits per heavy atom. The summed E-state index contributed by atoms with van der Waals surface area (Å²) in [5, 5.41) is 2.88. The molecule has 2 aliphatic rings. The molecule has 1 aromatic carbocycles. The third-order valence-electron chi connectivity index (χ3n) is 6.75. The summed E-state index contributed by atoms with van der Waals surface area (Å²) in [6.45, 7) is 3.32. The van der Waals surface area contributed by atoms with Crippen molar-refractivity contribution in [3.05, 3.63) is 72.3 Å². The predicted octanol–water partition coefficient (Wildman–Crippen LogP) is 5.49. The van der Waals surface area contributed by atoms with Gasteiger partial charge in [0.15, 0.2) is 5.82 Å². The van der Waals surface area contributed by atoms with Gasteiger partial charge in [-0.3, -0.25) is 10.2 Å². The van der Waals surface area contributed by atoms with Crippen LogP contribution in [0.5, 0.6) is 0 Å². The number of rotatable bonds is 3. The van der Waals surface area contributed by atoms with Crippen molar-refractivity contribution in [2.45, 2.75) is 25.6 Å². The van der Waals surface area contributed by atoms with Gasteiger partial charge in [0, 0.05) is 30.4 Å². The molecule has 11 heteroatoms. The summed E-state index contributed by atoms with van der Waals surface area (Å²) in [7, 11) is 0. The first-order valence-electron chi connectivity index (χ1n) is 11.8. The normalized spacial score (nSPS) is 16.6. The lowest BCUT2D eigenvalue weighted by Crippen LogP contribution is -2.48. The molecule has 0 unspecified atom stereocenters. The van der Waals surface area contributed by atoms with Crippen molar-refractivity contribution in [3.63, 3.8) is 0 Å². The van der Waals surface area contributed by atoms with Crippen LogP contribution in [0.15, 0.2) is 61.2 Å². The van der Waals surface area contributed by atoms with Gasteiger partial charge in [-0.2, -0.15) is 13.2 Å². The molecule has 6 rings (SSSR count). The highest BCUT2D eigenvalue weighted by atomic mass is 19.4. The molecule has 1 saturated heterocycles. The number of benzene rings is 1. The number of pyridine rings is 2. The van der Waals surface area contributed by atoms with Crippen LogP contribution in [0, 0.1) is 6.92 Å². The molecule has 1 fully saturated rings.